The molecule has 0 unspecified atom stereocenters. The van der Waals surface area contributed by atoms with Gasteiger partial charge in [-0.2, -0.15) is 4.98 Å². The van der Waals surface area contributed by atoms with Crippen LogP contribution in [0.4, 0.5) is 28.8 Å². The molecule has 2 aromatic carbocycles. The van der Waals surface area contributed by atoms with Gasteiger partial charge in [0.2, 0.25) is 5.95 Å². The molecule has 4 aromatic rings. The molecule has 42 heavy (non-hydrogen) atoms. The average Bonchev–Trinajstić information content (AvgIpc) is 2.99. The Kier molecular flexibility index (Phi) is 9.76. The third-order valence-corrected chi connectivity index (χ3v) is 9.88. The largest absolute Gasteiger partial charge is 0.494 e. The fourth-order valence-corrected chi connectivity index (χ4v) is 7.33. The third kappa shape index (κ3) is 6.46. The van der Waals surface area contributed by atoms with E-state index in [4.69, 9.17) is 9.72 Å². The van der Waals surface area contributed by atoms with Crippen LogP contribution in [0.1, 0.15) is 32.3 Å². The summed E-state index contributed by atoms with van der Waals surface area (Å²) in [4.78, 5) is 23.5. The second-order valence-corrected chi connectivity index (χ2v) is 13.8. The standard InChI is InChI=1S/C31H40BrN8OP/c1-7-39(8-2)21-11-15-40(16-12-21)26-18-27(41-4)25(17-20(26)3)37-31-35-19-22(32)30(38-31)36-24-10-9-23-28(29(24)42(5)6)34-14-13-33-23/h9-10,13-14,17-19,21H,7-8,11-12,15-16H2,1-6H3,(H2,35,36,37,38). The summed E-state index contributed by atoms with van der Waals surface area (Å²) in [6.45, 7) is 15.4. The number of aryl methyl sites for hydroxylation is 1. The van der Waals surface area contributed by atoms with E-state index < -0.39 is 7.92 Å². The van der Waals surface area contributed by atoms with E-state index in [1.807, 2.05) is 12.1 Å². The van der Waals surface area contributed by atoms with E-state index in [1.165, 1.54) is 24.1 Å². The first kappa shape index (κ1) is 30.4. The van der Waals surface area contributed by atoms with E-state index in [1.54, 1.807) is 25.7 Å². The third-order valence-electron chi connectivity index (χ3n) is 7.96. The van der Waals surface area contributed by atoms with Crippen LogP contribution >= 0.6 is 23.9 Å². The van der Waals surface area contributed by atoms with Gasteiger partial charge in [0, 0.05) is 60.5 Å². The number of piperidine rings is 1. The van der Waals surface area contributed by atoms with Crippen molar-refractivity contribution in [1.82, 2.24) is 24.8 Å². The molecule has 222 valence electrons. The molecule has 0 radical (unpaired) electrons. The molecule has 1 aliphatic heterocycles. The number of benzene rings is 2. The topological polar surface area (TPSA) is 91.3 Å². The van der Waals surface area contributed by atoms with E-state index in [0.717, 1.165) is 64.1 Å². The zero-order valence-corrected chi connectivity index (χ0v) is 27.8. The highest BCUT2D eigenvalue weighted by molar-refractivity contribution is 9.10. The average molecular weight is 652 g/mol. The number of aromatic nitrogens is 4. The van der Waals surface area contributed by atoms with Crippen molar-refractivity contribution in [3.8, 4) is 5.75 Å². The van der Waals surface area contributed by atoms with Crippen LogP contribution in [-0.4, -0.2) is 77.5 Å². The number of nitrogens with zero attached hydrogens (tertiary/aromatic N) is 6. The summed E-state index contributed by atoms with van der Waals surface area (Å²) in [5, 5.41) is 8.08. The van der Waals surface area contributed by atoms with Crippen LogP contribution in [0.15, 0.2) is 47.3 Å². The normalized spacial score (nSPS) is 14.2. The van der Waals surface area contributed by atoms with Crippen molar-refractivity contribution in [2.45, 2.75) is 39.7 Å². The van der Waals surface area contributed by atoms with Gasteiger partial charge in [0.25, 0.3) is 0 Å². The minimum Gasteiger partial charge on any atom is -0.494 e. The van der Waals surface area contributed by atoms with Gasteiger partial charge in [-0.3, -0.25) is 9.97 Å². The SMILES string of the molecule is CCN(CC)C1CCN(c2cc(OC)c(Nc3ncc(Br)c(Nc4ccc5nccnc5c4P(C)C)n3)cc2C)CC1. The zero-order valence-electron chi connectivity index (χ0n) is 25.3. The first-order chi connectivity index (χ1) is 20.3. The minimum absolute atomic E-state index is 0.459. The summed E-state index contributed by atoms with van der Waals surface area (Å²) in [6.07, 6.45) is 7.58. The number of hydrogen-bond donors (Lipinski definition) is 2. The summed E-state index contributed by atoms with van der Waals surface area (Å²) in [6, 6.07) is 8.97. The number of anilines is 5. The van der Waals surface area contributed by atoms with Gasteiger partial charge in [0.05, 0.1) is 28.3 Å². The Balaban J connectivity index is 1.37. The summed E-state index contributed by atoms with van der Waals surface area (Å²) >= 11 is 3.63. The second kappa shape index (κ2) is 13.5. The lowest BCUT2D eigenvalue weighted by Crippen LogP contribution is -2.45. The molecule has 11 heteroatoms. The highest BCUT2D eigenvalue weighted by atomic mass is 79.9. The number of hydrogen-bond acceptors (Lipinski definition) is 9. The lowest BCUT2D eigenvalue weighted by molar-refractivity contribution is 0.186. The molecule has 0 amide bonds. The van der Waals surface area contributed by atoms with Gasteiger partial charge in [-0.25, -0.2) is 4.98 Å². The van der Waals surface area contributed by atoms with Gasteiger partial charge in [-0.1, -0.05) is 21.8 Å². The van der Waals surface area contributed by atoms with Crippen molar-refractivity contribution in [2.24, 2.45) is 0 Å². The maximum absolute atomic E-state index is 5.84. The molecule has 1 fully saturated rings. The maximum Gasteiger partial charge on any atom is 0.229 e. The molecule has 0 spiro atoms. The first-order valence-corrected chi connectivity index (χ1v) is 17.5. The van der Waals surface area contributed by atoms with Gasteiger partial charge in [-0.15, -0.1) is 0 Å². The molecule has 1 aliphatic rings. The van der Waals surface area contributed by atoms with Crippen LogP contribution < -0.4 is 25.6 Å². The predicted octanol–water partition coefficient (Wildman–Crippen LogP) is 6.66. The summed E-state index contributed by atoms with van der Waals surface area (Å²) in [7, 11) is 1.25. The molecule has 0 bridgehead atoms. The Labute approximate surface area is 258 Å². The van der Waals surface area contributed by atoms with E-state index in [0.29, 0.717) is 17.8 Å². The second-order valence-electron chi connectivity index (χ2n) is 10.7. The number of methoxy groups -OCH3 is 1. The molecule has 0 saturated carbocycles. The first-order valence-electron chi connectivity index (χ1n) is 14.5. The van der Waals surface area contributed by atoms with Gasteiger partial charge >= 0.3 is 0 Å². The summed E-state index contributed by atoms with van der Waals surface area (Å²) in [5.74, 6) is 1.90. The Bertz CT molecular complexity index is 1540. The number of fused-ring (bicyclic) bond motifs is 1. The highest BCUT2D eigenvalue weighted by Gasteiger charge is 2.25. The van der Waals surface area contributed by atoms with E-state index >= 15 is 0 Å². The van der Waals surface area contributed by atoms with Crippen LogP contribution in [0.3, 0.4) is 0 Å². The highest BCUT2D eigenvalue weighted by Crippen LogP contribution is 2.37. The van der Waals surface area contributed by atoms with Crippen molar-refractivity contribution >= 4 is 69.0 Å². The van der Waals surface area contributed by atoms with Crippen molar-refractivity contribution in [1.29, 1.82) is 0 Å². The predicted molar refractivity (Wildman–Crippen MR) is 180 cm³/mol. The van der Waals surface area contributed by atoms with E-state index in [2.05, 4.69) is 97.5 Å². The van der Waals surface area contributed by atoms with Gasteiger partial charge in [0.15, 0.2) is 0 Å². The van der Waals surface area contributed by atoms with Crippen LogP contribution in [0.25, 0.3) is 11.0 Å². The molecule has 0 atom stereocenters. The quantitative estimate of drug-likeness (QED) is 0.183. The van der Waals surface area contributed by atoms with E-state index in [-0.39, 0.29) is 0 Å². The van der Waals surface area contributed by atoms with Gasteiger partial charge in [0.1, 0.15) is 11.6 Å². The fourth-order valence-electron chi connectivity index (χ4n) is 5.84. The molecule has 1 saturated heterocycles. The van der Waals surface area contributed by atoms with Crippen molar-refractivity contribution in [3.05, 3.63) is 52.9 Å². The molecule has 2 N–H and O–H groups in total. The van der Waals surface area contributed by atoms with Crippen LogP contribution in [0.5, 0.6) is 5.75 Å². The molecular weight excluding hydrogens is 611 g/mol. The number of ether oxygens (including phenoxy) is 1. The zero-order chi connectivity index (χ0) is 29.8. The summed E-state index contributed by atoms with van der Waals surface area (Å²) in [5.41, 5.74) is 6.01. The molecule has 3 heterocycles. The Morgan fingerprint density at radius 2 is 1.76 bits per heavy atom. The Morgan fingerprint density at radius 3 is 2.45 bits per heavy atom. The number of rotatable bonds is 10. The molecule has 2 aromatic heterocycles. The fraction of sp³-hybridized carbons (Fsp3) is 0.419. The lowest BCUT2D eigenvalue weighted by atomic mass is 10.0. The number of halogens is 1. The Morgan fingerprint density at radius 1 is 1.02 bits per heavy atom. The van der Waals surface area contributed by atoms with Crippen LogP contribution in [0.2, 0.25) is 0 Å². The molecule has 0 aliphatic carbocycles. The van der Waals surface area contributed by atoms with E-state index in [9.17, 15) is 0 Å². The number of nitrogens with one attached hydrogen (secondary N) is 2. The van der Waals surface area contributed by atoms with Crippen LogP contribution in [-0.2, 0) is 0 Å². The monoisotopic (exact) mass is 650 g/mol. The molecular formula is C31H40BrN8OP. The summed E-state index contributed by atoms with van der Waals surface area (Å²) < 4.78 is 6.61. The minimum atomic E-state index is -0.459. The smallest absolute Gasteiger partial charge is 0.229 e. The van der Waals surface area contributed by atoms with Crippen molar-refractivity contribution < 1.29 is 4.74 Å². The van der Waals surface area contributed by atoms with Crippen molar-refractivity contribution in [2.75, 3.05) is 62.2 Å². The Hall–Kier alpha value is -3.07. The van der Waals surface area contributed by atoms with Crippen LogP contribution in [0, 0.1) is 6.92 Å². The lowest BCUT2D eigenvalue weighted by Gasteiger charge is -2.39. The maximum atomic E-state index is 5.84. The van der Waals surface area contributed by atoms with Crippen molar-refractivity contribution in [3.63, 3.8) is 0 Å². The van der Waals surface area contributed by atoms with Gasteiger partial charge in [-0.05, 0) is 85.9 Å². The molecule has 5 rings (SSSR count). The molecule has 9 nitrogen and oxygen atoms in total. The van der Waals surface area contributed by atoms with Gasteiger partial charge < -0.3 is 25.2 Å².